The number of pyridine rings is 1. The van der Waals surface area contributed by atoms with Crippen LogP contribution in [0, 0.1) is 6.92 Å². The summed E-state index contributed by atoms with van der Waals surface area (Å²) in [4.78, 5) is 29.0. The number of carboxylic acids is 1. The van der Waals surface area contributed by atoms with Gasteiger partial charge in [0.15, 0.2) is 0 Å². The SMILES string of the molecule is CCCOc1ccncc1/C=C/c1ccc(C(=O)N[C@@H](CCSC)C(=O)[O-])c(-c2ccccc2C)c1.[Na+]. The number of nitrogens with zero attached hydrogens (tertiary/aromatic N) is 1. The molecule has 1 amide bonds. The average Bonchev–Trinajstić information content (AvgIpc) is 2.89. The van der Waals surface area contributed by atoms with Crippen molar-refractivity contribution in [2.45, 2.75) is 32.7 Å². The molecule has 3 aromatic rings. The number of carboxylic acid groups (broad SMARTS) is 1. The largest absolute Gasteiger partial charge is 1.00 e. The van der Waals surface area contributed by atoms with E-state index in [1.54, 1.807) is 18.5 Å². The van der Waals surface area contributed by atoms with Gasteiger partial charge in [-0.1, -0.05) is 43.3 Å². The summed E-state index contributed by atoms with van der Waals surface area (Å²) in [5.41, 5.74) is 4.78. The fourth-order valence-electron chi connectivity index (χ4n) is 3.73. The Morgan fingerprint density at radius 2 is 1.92 bits per heavy atom. The van der Waals surface area contributed by atoms with Crippen LogP contribution in [-0.4, -0.2) is 41.5 Å². The van der Waals surface area contributed by atoms with Crippen LogP contribution in [0.1, 0.15) is 46.8 Å². The molecule has 1 atom stereocenters. The fraction of sp³-hybridized carbons (Fsp3) is 0.276. The van der Waals surface area contributed by atoms with Crippen molar-refractivity contribution in [1.29, 1.82) is 0 Å². The molecule has 1 aromatic heterocycles. The summed E-state index contributed by atoms with van der Waals surface area (Å²) >= 11 is 1.52. The van der Waals surface area contributed by atoms with Gasteiger partial charge in [-0.3, -0.25) is 9.78 Å². The Hall–Kier alpha value is -2.58. The summed E-state index contributed by atoms with van der Waals surface area (Å²) in [6.45, 7) is 4.66. The van der Waals surface area contributed by atoms with Gasteiger partial charge in [0.25, 0.3) is 5.91 Å². The predicted octanol–water partition coefficient (Wildman–Crippen LogP) is 1.62. The van der Waals surface area contributed by atoms with E-state index >= 15 is 0 Å². The Morgan fingerprint density at radius 3 is 2.62 bits per heavy atom. The van der Waals surface area contributed by atoms with E-state index in [1.807, 2.05) is 67.8 Å². The number of nitrogens with one attached hydrogen (secondary N) is 1. The molecule has 0 saturated heterocycles. The van der Waals surface area contributed by atoms with Gasteiger partial charge >= 0.3 is 29.6 Å². The molecule has 1 heterocycles. The first-order chi connectivity index (χ1) is 17.4. The number of amides is 1. The zero-order valence-corrected chi connectivity index (χ0v) is 24.6. The molecule has 6 nitrogen and oxygen atoms in total. The first kappa shape index (κ1) is 30.6. The summed E-state index contributed by atoms with van der Waals surface area (Å²) < 4.78 is 5.82. The smallest absolute Gasteiger partial charge is 0.548 e. The van der Waals surface area contributed by atoms with Gasteiger partial charge in [0, 0.05) is 23.5 Å². The second-order valence-corrected chi connectivity index (χ2v) is 9.33. The van der Waals surface area contributed by atoms with Crippen molar-refractivity contribution >= 4 is 35.8 Å². The van der Waals surface area contributed by atoms with E-state index in [0.29, 0.717) is 24.3 Å². The molecule has 0 fully saturated rings. The van der Waals surface area contributed by atoms with E-state index in [2.05, 4.69) is 17.2 Å². The van der Waals surface area contributed by atoms with E-state index in [0.717, 1.165) is 40.0 Å². The molecule has 2 aromatic carbocycles. The Labute approximate surface area is 245 Å². The predicted molar refractivity (Wildman–Crippen MR) is 145 cm³/mol. The molecule has 0 bridgehead atoms. The zero-order valence-electron chi connectivity index (χ0n) is 21.8. The number of carbonyl (C=O) groups excluding carboxylic acids is 2. The minimum Gasteiger partial charge on any atom is -0.548 e. The third kappa shape index (κ3) is 8.75. The minimum absolute atomic E-state index is 0. The number of ether oxygens (including phenoxy) is 1. The number of aliphatic carboxylic acids is 1. The van der Waals surface area contributed by atoms with Crippen molar-refractivity contribution < 1.29 is 49.0 Å². The molecule has 0 saturated carbocycles. The van der Waals surface area contributed by atoms with Crippen LogP contribution in [0.5, 0.6) is 5.75 Å². The van der Waals surface area contributed by atoms with Gasteiger partial charge in [-0.05, 0) is 78.3 Å². The van der Waals surface area contributed by atoms with E-state index in [1.165, 1.54) is 11.8 Å². The molecule has 0 unspecified atom stereocenters. The zero-order chi connectivity index (χ0) is 25.9. The number of hydrogen-bond donors (Lipinski definition) is 1. The van der Waals surface area contributed by atoms with E-state index in [4.69, 9.17) is 4.74 Å². The molecule has 3 rings (SSSR count). The number of aromatic nitrogens is 1. The topological polar surface area (TPSA) is 91.3 Å². The molecular weight excluding hydrogens is 495 g/mol. The molecule has 0 aliphatic carbocycles. The monoisotopic (exact) mass is 526 g/mol. The van der Waals surface area contributed by atoms with Gasteiger partial charge in [0.05, 0.1) is 18.6 Å². The fourth-order valence-corrected chi connectivity index (χ4v) is 4.20. The van der Waals surface area contributed by atoms with Crippen molar-refractivity contribution in [2.24, 2.45) is 0 Å². The molecule has 1 N–H and O–H groups in total. The van der Waals surface area contributed by atoms with E-state index in [-0.39, 0.29) is 29.6 Å². The van der Waals surface area contributed by atoms with Crippen LogP contribution in [0.15, 0.2) is 60.9 Å². The number of hydrogen-bond acceptors (Lipinski definition) is 6. The van der Waals surface area contributed by atoms with Crippen LogP contribution in [0.25, 0.3) is 23.3 Å². The van der Waals surface area contributed by atoms with Crippen LogP contribution in [-0.2, 0) is 4.79 Å². The molecular formula is C29H31N2NaO4S. The first-order valence-corrected chi connectivity index (χ1v) is 13.3. The maximum atomic E-state index is 13.2. The number of benzene rings is 2. The maximum Gasteiger partial charge on any atom is 1.00 e. The minimum atomic E-state index is -1.29. The second kappa shape index (κ2) is 15.6. The first-order valence-electron chi connectivity index (χ1n) is 11.9. The van der Waals surface area contributed by atoms with E-state index < -0.39 is 17.9 Å². The van der Waals surface area contributed by atoms with Crippen LogP contribution in [0.4, 0.5) is 0 Å². The van der Waals surface area contributed by atoms with Crippen LogP contribution >= 0.6 is 11.8 Å². The van der Waals surface area contributed by atoms with Gasteiger partial charge in [0.1, 0.15) is 5.75 Å². The van der Waals surface area contributed by atoms with E-state index in [9.17, 15) is 14.7 Å². The van der Waals surface area contributed by atoms with Crippen LogP contribution in [0.3, 0.4) is 0 Å². The van der Waals surface area contributed by atoms with Crippen molar-refractivity contribution in [3.8, 4) is 16.9 Å². The Balaban J connectivity index is 0.00000481. The molecule has 0 aliphatic heterocycles. The average molecular weight is 527 g/mol. The third-order valence-corrected chi connectivity index (χ3v) is 6.30. The second-order valence-electron chi connectivity index (χ2n) is 8.34. The Morgan fingerprint density at radius 1 is 1.14 bits per heavy atom. The molecule has 0 spiro atoms. The quantitative estimate of drug-likeness (QED) is 0.361. The maximum absolute atomic E-state index is 13.2. The van der Waals surface area contributed by atoms with Crippen molar-refractivity contribution in [3.05, 3.63) is 83.2 Å². The summed E-state index contributed by atoms with van der Waals surface area (Å²) in [5.74, 6) is -0.364. The van der Waals surface area contributed by atoms with Gasteiger partial charge in [-0.2, -0.15) is 11.8 Å². The summed E-state index contributed by atoms with van der Waals surface area (Å²) in [6.07, 6.45) is 10.4. The molecule has 0 radical (unpaired) electrons. The summed E-state index contributed by atoms with van der Waals surface area (Å²) in [6, 6.07) is 14.1. The molecule has 188 valence electrons. The van der Waals surface area contributed by atoms with Crippen molar-refractivity contribution in [3.63, 3.8) is 0 Å². The number of carbonyl (C=O) groups is 2. The van der Waals surface area contributed by atoms with Crippen molar-refractivity contribution in [1.82, 2.24) is 10.3 Å². The van der Waals surface area contributed by atoms with Gasteiger partial charge in [-0.15, -0.1) is 0 Å². The standard InChI is InChI=1S/C29H32N2O4S.Na/c1-4-16-35-27-13-15-30-19-22(27)11-9-21-10-12-24(25(18-21)23-8-6-5-7-20(23)2)28(32)31-26(29(33)34)14-17-36-3;/h5-13,15,18-19,26H,4,14,16-17H2,1-3H3,(H,31,32)(H,33,34);/q;+1/p-1/b11-9+;/t26-;/m0./s1. The Kier molecular flexibility index (Phi) is 12.9. The summed E-state index contributed by atoms with van der Waals surface area (Å²) in [5, 5.41) is 14.2. The molecule has 37 heavy (non-hydrogen) atoms. The van der Waals surface area contributed by atoms with Gasteiger partial charge in [0.2, 0.25) is 0 Å². The normalized spacial score (nSPS) is 11.5. The van der Waals surface area contributed by atoms with Crippen LogP contribution in [0.2, 0.25) is 0 Å². The molecule has 8 heteroatoms. The van der Waals surface area contributed by atoms with Crippen molar-refractivity contribution in [2.75, 3.05) is 18.6 Å². The Bertz CT molecular complexity index is 1230. The van der Waals surface area contributed by atoms with Gasteiger partial charge < -0.3 is 20.0 Å². The summed E-state index contributed by atoms with van der Waals surface area (Å²) in [7, 11) is 0. The molecule has 0 aliphatic rings. The third-order valence-electron chi connectivity index (χ3n) is 5.65. The number of thioether (sulfide) groups is 1. The number of rotatable bonds is 12. The number of aryl methyl sites for hydroxylation is 1. The van der Waals surface area contributed by atoms with Crippen LogP contribution < -0.4 is 44.7 Å². The van der Waals surface area contributed by atoms with Gasteiger partial charge in [-0.25, -0.2) is 0 Å².